The fraction of sp³-hybridized carbons (Fsp3) is 0.625. The quantitative estimate of drug-likeness (QED) is 0.472. The highest BCUT2D eigenvalue weighted by atomic mass is 16.4. The molecule has 11 heavy (non-hydrogen) atoms. The van der Waals surface area contributed by atoms with Gasteiger partial charge in [-0.05, 0) is 25.3 Å². The lowest BCUT2D eigenvalue weighted by Gasteiger charge is -2.31. The number of carboxylic acids is 1. The molecule has 3 fully saturated rings. The maximum atomic E-state index is 10.1. The molecule has 2 heterocycles. The van der Waals surface area contributed by atoms with Gasteiger partial charge in [0.2, 0.25) is 0 Å². The highest BCUT2D eigenvalue weighted by Gasteiger charge is 2.49. The van der Waals surface area contributed by atoms with E-state index in [-0.39, 0.29) is 5.54 Å². The molecule has 0 amide bonds. The molecule has 0 spiro atoms. The minimum Gasteiger partial charge on any atom is -0.472 e. The number of carbonyl (C=O) groups is 1. The maximum absolute atomic E-state index is 10.1. The molecule has 2 aliphatic heterocycles. The van der Waals surface area contributed by atoms with Gasteiger partial charge >= 0.3 is 5.97 Å². The molecular weight excluding hydrogens is 142 g/mol. The summed E-state index contributed by atoms with van der Waals surface area (Å²) in [6.45, 7) is 1.01. The van der Waals surface area contributed by atoms with Crippen LogP contribution in [0.4, 0.5) is 0 Å². The van der Waals surface area contributed by atoms with Crippen LogP contribution in [0.3, 0.4) is 0 Å². The first-order chi connectivity index (χ1) is 5.20. The minimum absolute atomic E-state index is 0.122. The van der Waals surface area contributed by atoms with Gasteiger partial charge < -0.3 is 10.4 Å². The largest absolute Gasteiger partial charge is 0.472 e. The van der Waals surface area contributed by atoms with Crippen molar-refractivity contribution in [2.45, 2.75) is 18.4 Å². The predicted octanol–water partition coefficient (Wildman–Crippen LogP) is -0.174. The van der Waals surface area contributed by atoms with E-state index < -0.39 is 5.97 Å². The summed E-state index contributed by atoms with van der Waals surface area (Å²) < 4.78 is 0. The van der Waals surface area contributed by atoms with Crippen molar-refractivity contribution in [1.29, 1.82) is 0 Å². The van der Waals surface area contributed by atoms with Crippen molar-refractivity contribution in [3.8, 4) is 11.8 Å². The van der Waals surface area contributed by atoms with Gasteiger partial charge in [-0.1, -0.05) is 5.92 Å². The van der Waals surface area contributed by atoms with E-state index >= 15 is 0 Å². The number of hydrogen-bond acceptors (Lipinski definition) is 2. The first kappa shape index (κ1) is 6.68. The van der Waals surface area contributed by atoms with Crippen molar-refractivity contribution in [3.63, 3.8) is 0 Å². The first-order valence-electron chi connectivity index (χ1n) is 3.71. The monoisotopic (exact) mass is 151 g/mol. The lowest BCUT2D eigenvalue weighted by atomic mass is 9.74. The fourth-order valence-corrected chi connectivity index (χ4v) is 1.87. The number of aliphatic carboxylic acids is 1. The first-order valence-corrected chi connectivity index (χ1v) is 3.71. The van der Waals surface area contributed by atoms with E-state index in [0.29, 0.717) is 0 Å². The van der Waals surface area contributed by atoms with Crippen LogP contribution in [0.1, 0.15) is 12.8 Å². The van der Waals surface area contributed by atoms with E-state index in [1.807, 2.05) is 0 Å². The highest BCUT2D eigenvalue weighted by molar-refractivity contribution is 5.86. The van der Waals surface area contributed by atoms with Crippen LogP contribution in [0, 0.1) is 17.8 Å². The Kier molecular flexibility index (Phi) is 1.21. The van der Waals surface area contributed by atoms with Crippen LogP contribution in [0.2, 0.25) is 0 Å². The summed E-state index contributed by atoms with van der Waals surface area (Å²) in [4.78, 5) is 10.1. The van der Waals surface area contributed by atoms with Gasteiger partial charge in [0.25, 0.3) is 0 Å². The molecule has 1 saturated carbocycles. The van der Waals surface area contributed by atoms with Crippen LogP contribution in [0.5, 0.6) is 0 Å². The number of hydrogen-bond donors (Lipinski definition) is 2. The normalized spacial score (nSPS) is 38.7. The van der Waals surface area contributed by atoms with Gasteiger partial charge in [-0.3, -0.25) is 0 Å². The highest BCUT2D eigenvalue weighted by Crippen LogP contribution is 2.42. The number of rotatable bonds is 0. The molecule has 0 aromatic rings. The zero-order valence-corrected chi connectivity index (χ0v) is 6.05. The van der Waals surface area contributed by atoms with Gasteiger partial charge in [0, 0.05) is 5.92 Å². The van der Waals surface area contributed by atoms with Crippen molar-refractivity contribution in [1.82, 2.24) is 5.32 Å². The molecule has 0 unspecified atom stereocenters. The smallest absolute Gasteiger partial charge is 0.381 e. The van der Waals surface area contributed by atoms with Crippen molar-refractivity contribution in [2.24, 2.45) is 5.92 Å². The third-order valence-electron chi connectivity index (χ3n) is 2.41. The molecule has 3 aliphatic rings. The van der Waals surface area contributed by atoms with E-state index in [0.717, 1.165) is 25.3 Å². The summed E-state index contributed by atoms with van der Waals surface area (Å²) in [5.41, 5.74) is -0.122. The average Bonchev–Trinajstić information content (AvgIpc) is 2.38. The molecule has 1 aliphatic carbocycles. The van der Waals surface area contributed by atoms with Gasteiger partial charge in [0.15, 0.2) is 0 Å². The number of carboxylic acid groups (broad SMARTS) is 1. The molecule has 3 rings (SSSR count). The predicted molar refractivity (Wildman–Crippen MR) is 38.9 cm³/mol. The molecule has 0 radical (unpaired) electrons. The molecule has 2 bridgehead atoms. The Bertz CT molecular complexity index is 249. The Morgan fingerprint density at radius 2 is 2.36 bits per heavy atom. The Morgan fingerprint density at radius 1 is 1.64 bits per heavy atom. The minimum atomic E-state index is -1.03. The average molecular weight is 151 g/mol. The molecule has 2 saturated heterocycles. The van der Waals surface area contributed by atoms with E-state index in [2.05, 4.69) is 17.2 Å². The van der Waals surface area contributed by atoms with Crippen LogP contribution in [0.25, 0.3) is 0 Å². The van der Waals surface area contributed by atoms with Crippen LogP contribution in [-0.2, 0) is 4.79 Å². The molecule has 2 N–H and O–H groups in total. The number of fused-ring (bicyclic) bond motifs is 1. The van der Waals surface area contributed by atoms with Crippen molar-refractivity contribution in [2.75, 3.05) is 6.54 Å². The standard InChI is InChI=1S/C8H9NO2/c10-7(11)1-2-8-3-6(4-8)5-9-8/h6,9H,3-5H2,(H,10,11). The summed E-state index contributed by atoms with van der Waals surface area (Å²) in [5.74, 6) is 4.65. The van der Waals surface area contributed by atoms with E-state index in [9.17, 15) is 4.79 Å². The van der Waals surface area contributed by atoms with E-state index in [4.69, 9.17) is 5.11 Å². The van der Waals surface area contributed by atoms with Gasteiger partial charge in [0.05, 0.1) is 5.54 Å². The van der Waals surface area contributed by atoms with Crippen LogP contribution < -0.4 is 5.32 Å². The van der Waals surface area contributed by atoms with Gasteiger partial charge in [0.1, 0.15) is 0 Å². The van der Waals surface area contributed by atoms with Crippen molar-refractivity contribution in [3.05, 3.63) is 0 Å². The second-order valence-corrected chi connectivity index (χ2v) is 3.29. The van der Waals surface area contributed by atoms with Crippen molar-refractivity contribution >= 4 is 5.97 Å². The second-order valence-electron chi connectivity index (χ2n) is 3.29. The molecule has 0 atom stereocenters. The van der Waals surface area contributed by atoms with E-state index in [1.165, 1.54) is 0 Å². The summed E-state index contributed by atoms with van der Waals surface area (Å²) >= 11 is 0. The SMILES string of the molecule is O=C(O)C#CC12CC(CN1)C2. The summed E-state index contributed by atoms with van der Waals surface area (Å²) in [6, 6.07) is 0. The van der Waals surface area contributed by atoms with Gasteiger partial charge in [-0.15, -0.1) is 0 Å². The summed E-state index contributed by atoms with van der Waals surface area (Å²) in [6.07, 6.45) is 2.07. The van der Waals surface area contributed by atoms with Crippen LogP contribution >= 0.6 is 0 Å². The Morgan fingerprint density at radius 3 is 2.82 bits per heavy atom. The Labute approximate surface area is 64.8 Å². The van der Waals surface area contributed by atoms with Crippen molar-refractivity contribution < 1.29 is 9.90 Å². The maximum Gasteiger partial charge on any atom is 0.381 e. The molecule has 3 nitrogen and oxygen atoms in total. The summed E-state index contributed by atoms with van der Waals surface area (Å²) in [5, 5.41) is 11.5. The lowest BCUT2D eigenvalue weighted by molar-refractivity contribution is -0.130. The third kappa shape index (κ3) is 0.997. The van der Waals surface area contributed by atoms with Crippen LogP contribution in [-0.4, -0.2) is 23.2 Å². The lowest BCUT2D eigenvalue weighted by Crippen LogP contribution is -2.41. The van der Waals surface area contributed by atoms with E-state index in [1.54, 1.807) is 0 Å². The summed E-state index contributed by atoms with van der Waals surface area (Å²) in [7, 11) is 0. The molecular formula is C8H9NO2. The topological polar surface area (TPSA) is 49.3 Å². The molecule has 0 aromatic heterocycles. The zero-order chi connectivity index (χ0) is 7.90. The molecule has 0 aromatic carbocycles. The fourth-order valence-electron chi connectivity index (χ4n) is 1.87. The number of nitrogens with one attached hydrogen (secondary N) is 1. The Hall–Kier alpha value is -1.01. The Balaban J connectivity index is 2.08. The van der Waals surface area contributed by atoms with Gasteiger partial charge in [-0.25, -0.2) is 4.79 Å². The second kappa shape index (κ2) is 1.99. The van der Waals surface area contributed by atoms with Gasteiger partial charge in [-0.2, -0.15) is 0 Å². The zero-order valence-electron chi connectivity index (χ0n) is 6.05. The molecule has 58 valence electrons. The molecule has 3 heteroatoms. The third-order valence-corrected chi connectivity index (χ3v) is 2.41. The van der Waals surface area contributed by atoms with Crippen LogP contribution in [0.15, 0.2) is 0 Å².